The quantitative estimate of drug-likeness (QED) is 0.623. The maximum atomic E-state index is 6.08. The van der Waals surface area contributed by atoms with Crippen molar-refractivity contribution in [2.75, 3.05) is 25.0 Å². The maximum absolute atomic E-state index is 6.08. The van der Waals surface area contributed by atoms with Gasteiger partial charge in [0.2, 0.25) is 0 Å². The van der Waals surface area contributed by atoms with Gasteiger partial charge in [0, 0.05) is 24.8 Å². The van der Waals surface area contributed by atoms with Crippen LogP contribution < -0.4 is 4.90 Å². The molecule has 0 fully saturated rings. The van der Waals surface area contributed by atoms with Gasteiger partial charge in [-0.05, 0) is 35.4 Å². The van der Waals surface area contributed by atoms with E-state index in [9.17, 15) is 0 Å². The first-order chi connectivity index (χ1) is 11.6. The molecule has 3 rings (SSSR count). The van der Waals surface area contributed by atoms with E-state index in [0.717, 1.165) is 35.5 Å². The molecule has 0 aliphatic carbocycles. The number of benzodiazepines with no additional fused rings is 1. The van der Waals surface area contributed by atoms with Gasteiger partial charge in [-0.2, -0.15) is 0 Å². The van der Waals surface area contributed by atoms with Gasteiger partial charge >= 0.3 is 0 Å². The van der Waals surface area contributed by atoms with Crippen molar-refractivity contribution < 1.29 is 0 Å². The van der Waals surface area contributed by atoms with Gasteiger partial charge in [-0.25, -0.2) is 0 Å². The molecule has 0 saturated carbocycles. The summed E-state index contributed by atoms with van der Waals surface area (Å²) in [5.74, 6) is 0. The molecule has 0 saturated heterocycles. The van der Waals surface area contributed by atoms with Crippen LogP contribution in [-0.4, -0.2) is 25.8 Å². The number of rotatable bonds is 3. The third-order valence-electron chi connectivity index (χ3n) is 4.04. The number of allylic oxidation sites excluding steroid dienone is 1. The third-order valence-corrected chi connectivity index (χ3v) is 4.78. The van der Waals surface area contributed by atoms with E-state index < -0.39 is 0 Å². The minimum absolute atomic E-state index is 0. The Morgan fingerprint density at radius 1 is 1.04 bits per heavy atom. The van der Waals surface area contributed by atoms with Crippen molar-refractivity contribution >= 4 is 59.2 Å². The Balaban J connectivity index is 0.00000225. The van der Waals surface area contributed by atoms with E-state index in [4.69, 9.17) is 28.2 Å². The largest absolute Gasteiger partial charge is 0.372 e. The van der Waals surface area contributed by atoms with Crippen molar-refractivity contribution in [1.29, 1.82) is 0 Å². The molecule has 2 nitrogen and oxygen atoms in total. The van der Waals surface area contributed by atoms with E-state index >= 15 is 0 Å². The summed E-state index contributed by atoms with van der Waals surface area (Å²) in [6.07, 6.45) is 5.91. The predicted octanol–water partition coefficient (Wildman–Crippen LogP) is 6.01. The Hall–Kier alpha value is -1.74. The Kier molecular flexibility index (Phi) is 6.71. The van der Waals surface area contributed by atoms with Crippen LogP contribution in [0.5, 0.6) is 0 Å². The minimum Gasteiger partial charge on any atom is -0.372 e. The average Bonchev–Trinajstić information content (AvgIpc) is 2.75. The summed E-state index contributed by atoms with van der Waals surface area (Å²) in [4.78, 5) is 6.96. The van der Waals surface area contributed by atoms with E-state index in [-0.39, 0.29) is 12.4 Å². The van der Waals surface area contributed by atoms with Gasteiger partial charge in [0.15, 0.2) is 0 Å². The summed E-state index contributed by atoms with van der Waals surface area (Å²) in [6.45, 7) is 5.50. The Bertz CT molecular complexity index is 841. The van der Waals surface area contributed by atoms with Crippen molar-refractivity contribution in [2.24, 2.45) is 4.99 Å². The van der Waals surface area contributed by atoms with Gasteiger partial charge in [-0.15, -0.1) is 12.4 Å². The van der Waals surface area contributed by atoms with Gasteiger partial charge < -0.3 is 4.90 Å². The first kappa shape index (κ1) is 19.6. The fraction of sp³-hybridized carbons (Fsp3) is 0.150. The average molecular weight is 394 g/mol. The zero-order chi connectivity index (χ0) is 17.1. The lowest BCUT2D eigenvalue weighted by Crippen LogP contribution is -2.20. The Morgan fingerprint density at radius 2 is 1.80 bits per heavy atom. The highest BCUT2D eigenvalue weighted by Crippen LogP contribution is 2.26. The van der Waals surface area contributed by atoms with Crippen LogP contribution >= 0.6 is 35.6 Å². The van der Waals surface area contributed by atoms with Crippen molar-refractivity contribution in [1.82, 2.24) is 0 Å². The third kappa shape index (κ3) is 4.46. The summed E-state index contributed by atoms with van der Waals surface area (Å²) >= 11 is 12.1. The molecule has 0 N–H and O–H groups in total. The second-order valence-electron chi connectivity index (χ2n) is 5.68. The molecule has 2 aromatic rings. The van der Waals surface area contributed by atoms with Gasteiger partial charge in [-0.1, -0.05) is 60.1 Å². The fourth-order valence-corrected chi connectivity index (χ4v) is 2.97. The number of benzene rings is 2. The monoisotopic (exact) mass is 392 g/mol. The van der Waals surface area contributed by atoms with Crippen molar-refractivity contribution in [3.63, 3.8) is 0 Å². The fourth-order valence-electron chi connectivity index (χ4n) is 2.67. The van der Waals surface area contributed by atoms with Crippen LogP contribution in [0.2, 0.25) is 10.0 Å². The standard InChI is InChI=1S/C20H18Cl2N2.ClH/c1-3-14-4-7-16-19(23-10-11-24(2)20(16)13-14)9-6-15-5-8-17(21)18(22)12-15;/h3-9,12-13H,1,10-11H2,2H3;1H/b9-6+;. The van der Waals surface area contributed by atoms with Gasteiger partial charge in [0.25, 0.3) is 0 Å². The zero-order valence-corrected chi connectivity index (χ0v) is 16.2. The summed E-state index contributed by atoms with van der Waals surface area (Å²) < 4.78 is 0. The van der Waals surface area contributed by atoms with E-state index in [1.807, 2.05) is 30.4 Å². The van der Waals surface area contributed by atoms with Crippen LogP contribution in [0.4, 0.5) is 5.69 Å². The SMILES string of the molecule is C=Cc1ccc2c(c1)N(C)CCN=C2/C=C/c1ccc(Cl)c(Cl)c1.Cl. The number of likely N-dealkylation sites (N-methyl/N-ethyl adjacent to an activating group) is 1. The highest BCUT2D eigenvalue weighted by atomic mass is 35.5. The van der Waals surface area contributed by atoms with Crippen LogP contribution in [0.1, 0.15) is 16.7 Å². The molecule has 0 atom stereocenters. The molecule has 0 bridgehead atoms. The van der Waals surface area contributed by atoms with E-state index in [1.165, 1.54) is 5.69 Å². The number of nitrogens with zero attached hydrogens (tertiary/aromatic N) is 2. The second kappa shape index (κ2) is 8.57. The molecule has 1 heterocycles. The summed E-state index contributed by atoms with van der Waals surface area (Å²) in [6, 6.07) is 11.9. The second-order valence-corrected chi connectivity index (χ2v) is 6.49. The van der Waals surface area contributed by atoms with Crippen LogP contribution in [-0.2, 0) is 0 Å². The number of anilines is 1. The molecule has 130 valence electrons. The molecule has 2 aromatic carbocycles. The van der Waals surface area contributed by atoms with Crippen LogP contribution in [0.3, 0.4) is 0 Å². The smallest absolute Gasteiger partial charge is 0.0668 e. The number of fused-ring (bicyclic) bond motifs is 1. The molecule has 1 aliphatic heterocycles. The molecular formula is C20H19Cl3N2. The van der Waals surface area contributed by atoms with Crippen LogP contribution in [0.15, 0.2) is 54.0 Å². The zero-order valence-electron chi connectivity index (χ0n) is 13.9. The topological polar surface area (TPSA) is 15.6 Å². The molecule has 0 unspecified atom stereocenters. The number of hydrogen-bond acceptors (Lipinski definition) is 2. The maximum Gasteiger partial charge on any atom is 0.0668 e. The summed E-state index contributed by atoms with van der Waals surface area (Å²) in [5, 5.41) is 1.11. The van der Waals surface area contributed by atoms with Gasteiger partial charge in [-0.3, -0.25) is 4.99 Å². The van der Waals surface area contributed by atoms with E-state index in [1.54, 1.807) is 6.07 Å². The molecule has 25 heavy (non-hydrogen) atoms. The number of aliphatic imine (C=N–C) groups is 1. The van der Waals surface area contributed by atoms with Crippen molar-refractivity contribution in [3.8, 4) is 0 Å². The van der Waals surface area contributed by atoms with E-state index in [2.05, 4.69) is 36.7 Å². The highest BCUT2D eigenvalue weighted by molar-refractivity contribution is 6.42. The molecule has 0 aromatic heterocycles. The molecule has 0 amide bonds. The molecule has 0 radical (unpaired) electrons. The lowest BCUT2D eigenvalue weighted by molar-refractivity contribution is 0.896. The van der Waals surface area contributed by atoms with Crippen LogP contribution in [0.25, 0.3) is 12.2 Å². The first-order valence-corrected chi connectivity index (χ1v) is 8.49. The Morgan fingerprint density at radius 3 is 2.52 bits per heavy atom. The Labute approximate surface area is 164 Å². The van der Waals surface area contributed by atoms with Crippen molar-refractivity contribution in [2.45, 2.75) is 0 Å². The minimum atomic E-state index is 0. The lowest BCUT2D eigenvalue weighted by Gasteiger charge is -2.19. The number of hydrogen-bond donors (Lipinski definition) is 0. The first-order valence-electron chi connectivity index (χ1n) is 7.74. The summed E-state index contributed by atoms with van der Waals surface area (Å²) in [7, 11) is 2.09. The highest BCUT2D eigenvalue weighted by Gasteiger charge is 2.14. The van der Waals surface area contributed by atoms with Gasteiger partial charge in [0.05, 0.1) is 22.3 Å². The molecule has 0 spiro atoms. The van der Waals surface area contributed by atoms with Crippen LogP contribution in [0, 0.1) is 0 Å². The van der Waals surface area contributed by atoms with Gasteiger partial charge in [0.1, 0.15) is 0 Å². The molecular weight excluding hydrogens is 375 g/mol. The predicted molar refractivity (Wildman–Crippen MR) is 114 cm³/mol. The summed E-state index contributed by atoms with van der Waals surface area (Å²) in [5.41, 5.74) is 5.36. The van der Waals surface area contributed by atoms with Crippen molar-refractivity contribution in [3.05, 3.63) is 75.8 Å². The normalized spacial score (nSPS) is 13.7. The van der Waals surface area contributed by atoms with E-state index in [0.29, 0.717) is 10.0 Å². The number of halogens is 3. The lowest BCUT2D eigenvalue weighted by atomic mass is 10.0. The molecule has 5 heteroatoms. The molecule has 1 aliphatic rings.